The van der Waals surface area contributed by atoms with Gasteiger partial charge in [0.2, 0.25) is 0 Å². The minimum Gasteiger partial charge on any atom is -0.317 e. The number of nitrogens with zero attached hydrogens (tertiary/aromatic N) is 2. The van der Waals surface area contributed by atoms with Gasteiger partial charge in [0.1, 0.15) is 5.82 Å². The Morgan fingerprint density at radius 3 is 2.22 bits per heavy atom. The van der Waals surface area contributed by atoms with Crippen molar-refractivity contribution < 1.29 is 12.8 Å². The van der Waals surface area contributed by atoms with E-state index in [1.165, 1.54) is 16.4 Å². The van der Waals surface area contributed by atoms with E-state index in [0.29, 0.717) is 23.8 Å². The third-order valence-corrected chi connectivity index (χ3v) is 6.94. The van der Waals surface area contributed by atoms with E-state index >= 15 is 0 Å². The maximum absolute atomic E-state index is 14.4. The first kappa shape index (κ1) is 19.9. The van der Waals surface area contributed by atoms with E-state index < -0.39 is 16.0 Å². The zero-order valence-corrected chi connectivity index (χ0v) is 16.5. The number of rotatable bonds is 4. The highest BCUT2D eigenvalue weighted by Crippen LogP contribution is 2.46. The molecule has 146 valence electrons. The SMILES string of the molecule is Cl.O=S1(=O)N(CCC2CCNCC2)c2ccccc2N1c1ccccc1F. The van der Waals surface area contributed by atoms with E-state index in [9.17, 15) is 12.8 Å². The van der Waals surface area contributed by atoms with Gasteiger partial charge in [-0.25, -0.2) is 8.70 Å². The van der Waals surface area contributed by atoms with E-state index in [2.05, 4.69) is 5.32 Å². The highest BCUT2D eigenvalue weighted by molar-refractivity contribution is 7.95. The topological polar surface area (TPSA) is 52.7 Å². The number of anilines is 3. The largest absolute Gasteiger partial charge is 0.331 e. The summed E-state index contributed by atoms with van der Waals surface area (Å²) >= 11 is 0. The van der Waals surface area contributed by atoms with Gasteiger partial charge in [0.05, 0.1) is 17.1 Å². The quantitative estimate of drug-likeness (QED) is 0.831. The number of hydrogen-bond donors (Lipinski definition) is 1. The Morgan fingerprint density at radius 2 is 1.56 bits per heavy atom. The monoisotopic (exact) mass is 411 g/mol. The van der Waals surface area contributed by atoms with Gasteiger partial charge in [-0.3, -0.25) is 4.31 Å². The lowest BCUT2D eigenvalue weighted by Crippen LogP contribution is -2.37. The van der Waals surface area contributed by atoms with Crippen molar-refractivity contribution in [3.63, 3.8) is 0 Å². The van der Waals surface area contributed by atoms with E-state index in [1.54, 1.807) is 30.3 Å². The molecule has 0 radical (unpaired) electrons. The van der Waals surface area contributed by atoms with Crippen LogP contribution in [0.15, 0.2) is 48.5 Å². The molecule has 4 rings (SSSR count). The highest BCUT2D eigenvalue weighted by atomic mass is 35.5. The highest BCUT2D eigenvalue weighted by Gasteiger charge is 2.42. The molecule has 0 saturated carbocycles. The molecule has 2 aliphatic rings. The van der Waals surface area contributed by atoms with Crippen molar-refractivity contribution in [2.24, 2.45) is 5.92 Å². The second kappa shape index (κ2) is 8.04. The standard InChI is InChI=1S/C19H22FN3O2S.ClH/c20-16-5-1-2-6-17(16)23-19-8-4-3-7-18(19)22(26(23,24)25)14-11-15-9-12-21-13-10-15;/h1-8,15,21H,9-14H2;1H. The third-order valence-electron chi connectivity index (χ3n) is 5.15. The molecule has 5 nitrogen and oxygen atoms in total. The first-order valence-corrected chi connectivity index (χ1v) is 10.4. The molecule has 8 heteroatoms. The number of piperidine rings is 1. The molecule has 1 fully saturated rings. The van der Waals surface area contributed by atoms with Crippen molar-refractivity contribution in [3.8, 4) is 0 Å². The van der Waals surface area contributed by atoms with Crippen LogP contribution >= 0.6 is 12.4 Å². The van der Waals surface area contributed by atoms with Crippen molar-refractivity contribution in [3.05, 3.63) is 54.3 Å². The van der Waals surface area contributed by atoms with Gasteiger partial charge >= 0.3 is 10.2 Å². The Morgan fingerprint density at radius 1 is 0.963 bits per heavy atom. The van der Waals surface area contributed by atoms with Crippen LogP contribution in [0.1, 0.15) is 19.3 Å². The van der Waals surface area contributed by atoms with Gasteiger partial charge in [-0.15, -0.1) is 12.4 Å². The molecule has 0 bridgehead atoms. The van der Waals surface area contributed by atoms with E-state index in [4.69, 9.17) is 0 Å². The molecule has 1 N–H and O–H groups in total. The van der Waals surface area contributed by atoms with E-state index in [0.717, 1.165) is 36.7 Å². The van der Waals surface area contributed by atoms with Crippen molar-refractivity contribution in [2.75, 3.05) is 28.2 Å². The fourth-order valence-electron chi connectivity index (χ4n) is 3.77. The molecule has 2 aromatic carbocycles. The van der Waals surface area contributed by atoms with Gasteiger partial charge in [0.15, 0.2) is 0 Å². The van der Waals surface area contributed by atoms with Crippen molar-refractivity contribution in [1.29, 1.82) is 0 Å². The molecule has 2 heterocycles. The number of para-hydroxylation sites is 3. The molecule has 0 aliphatic carbocycles. The summed E-state index contributed by atoms with van der Waals surface area (Å²) in [6.45, 7) is 2.37. The molecule has 0 aromatic heterocycles. The molecule has 0 atom stereocenters. The van der Waals surface area contributed by atoms with Crippen LogP contribution in [-0.4, -0.2) is 28.1 Å². The van der Waals surface area contributed by atoms with Gasteiger partial charge in [0, 0.05) is 6.54 Å². The first-order chi connectivity index (χ1) is 12.6. The Hall–Kier alpha value is -1.83. The lowest BCUT2D eigenvalue weighted by Gasteiger charge is -2.26. The van der Waals surface area contributed by atoms with Gasteiger partial charge in [-0.05, 0) is 62.5 Å². The summed E-state index contributed by atoms with van der Waals surface area (Å²) in [5.74, 6) is -0.0350. The molecule has 1 saturated heterocycles. The molecule has 0 spiro atoms. The van der Waals surface area contributed by atoms with Gasteiger partial charge in [-0.1, -0.05) is 24.3 Å². The first-order valence-electron chi connectivity index (χ1n) is 8.96. The molecular weight excluding hydrogens is 389 g/mol. The maximum Gasteiger partial charge on any atom is 0.331 e. The number of fused-ring (bicyclic) bond motifs is 1. The zero-order valence-electron chi connectivity index (χ0n) is 14.8. The smallest absolute Gasteiger partial charge is 0.317 e. The normalized spacial score (nSPS) is 18.9. The van der Waals surface area contributed by atoms with Crippen molar-refractivity contribution >= 4 is 39.7 Å². The van der Waals surface area contributed by atoms with Gasteiger partial charge in [0.25, 0.3) is 0 Å². The lowest BCUT2D eigenvalue weighted by atomic mass is 9.95. The average Bonchev–Trinajstić information content (AvgIpc) is 2.87. The van der Waals surface area contributed by atoms with Crippen molar-refractivity contribution in [2.45, 2.75) is 19.3 Å². The Kier molecular flexibility index (Phi) is 5.93. The average molecular weight is 412 g/mol. The summed E-state index contributed by atoms with van der Waals surface area (Å²) in [6.07, 6.45) is 2.93. The van der Waals surface area contributed by atoms with Crippen molar-refractivity contribution in [1.82, 2.24) is 5.32 Å². The minimum absolute atomic E-state index is 0. The van der Waals surface area contributed by atoms with Crippen LogP contribution < -0.4 is 13.9 Å². The van der Waals surface area contributed by atoms with E-state index in [1.807, 2.05) is 6.07 Å². The molecule has 0 unspecified atom stereocenters. The second-order valence-electron chi connectivity index (χ2n) is 6.77. The fourth-order valence-corrected chi connectivity index (χ4v) is 5.51. The zero-order chi connectivity index (χ0) is 18.1. The minimum atomic E-state index is -3.85. The number of benzene rings is 2. The molecular formula is C19H23ClFN3O2S. The second-order valence-corrected chi connectivity index (χ2v) is 8.47. The van der Waals surface area contributed by atoms with Crippen LogP contribution in [0.25, 0.3) is 0 Å². The third kappa shape index (κ3) is 3.63. The molecule has 2 aliphatic heterocycles. The Bertz CT molecular complexity index is 903. The Balaban J connectivity index is 0.00000210. The summed E-state index contributed by atoms with van der Waals surface area (Å²) in [5.41, 5.74) is 1.18. The van der Waals surface area contributed by atoms with Gasteiger partial charge < -0.3 is 5.32 Å². The maximum atomic E-state index is 14.4. The number of nitrogens with one attached hydrogen (secondary N) is 1. The summed E-state index contributed by atoms with van der Waals surface area (Å²) in [5, 5.41) is 3.33. The summed E-state index contributed by atoms with van der Waals surface area (Å²) < 4.78 is 43.4. The summed E-state index contributed by atoms with van der Waals surface area (Å²) in [6, 6.07) is 13.1. The fraction of sp³-hybridized carbons (Fsp3) is 0.368. The number of halogens is 2. The molecule has 0 amide bonds. The molecule has 27 heavy (non-hydrogen) atoms. The van der Waals surface area contributed by atoms with Crippen LogP contribution in [0.4, 0.5) is 21.5 Å². The van der Waals surface area contributed by atoms with Crippen LogP contribution in [0.5, 0.6) is 0 Å². The summed E-state index contributed by atoms with van der Waals surface area (Å²) in [7, 11) is -3.85. The van der Waals surface area contributed by atoms with Crippen LogP contribution in [-0.2, 0) is 10.2 Å². The van der Waals surface area contributed by atoms with Crippen LogP contribution in [0.2, 0.25) is 0 Å². The molecule has 2 aromatic rings. The Labute approximate surface area is 165 Å². The summed E-state index contributed by atoms with van der Waals surface area (Å²) in [4.78, 5) is 0. The van der Waals surface area contributed by atoms with E-state index in [-0.39, 0.29) is 18.1 Å². The van der Waals surface area contributed by atoms with Gasteiger partial charge in [-0.2, -0.15) is 8.42 Å². The predicted molar refractivity (Wildman–Crippen MR) is 109 cm³/mol. The number of hydrogen-bond acceptors (Lipinski definition) is 3. The van der Waals surface area contributed by atoms with Crippen LogP contribution in [0, 0.1) is 11.7 Å². The predicted octanol–water partition coefficient (Wildman–Crippen LogP) is 3.84. The lowest BCUT2D eigenvalue weighted by molar-refractivity contribution is 0.358. The van der Waals surface area contributed by atoms with Crippen LogP contribution in [0.3, 0.4) is 0 Å².